The van der Waals surface area contributed by atoms with Crippen molar-refractivity contribution in [3.05, 3.63) is 30.3 Å². The molecule has 8 heteroatoms. The van der Waals surface area contributed by atoms with Gasteiger partial charge in [-0.1, -0.05) is 18.2 Å². The maximum Gasteiger partial charge on any atom is 0.239 e. The van der Waals surface area contributed by atoms with E-state index in [-0.39, 0.29) is 6.54 Å². The lowest BCUT2D eigenvalue weighted by atomic mass is 10.3. The number of benzene rings is 1. The van der Waals surface area contributed by atoms with Gasteiger partial charge in [0.25, 0.3) is 0 Å². The van der Waals surface area contributed by atoms with Crippen molar-refractivity contribution in [2.45, 2.75) is 0 Å². The number of hydrogen-bond donors (Lipinski definition) is 2. The smallest absolute Gasteiger partial charge is 0.239 e. The van der Waals surface area contributed by atoms with Crippen LogP contribution in [-0.4, -0.2) is 52.0 Å². The molecule has 0 atom stereocenters. The SMILES string of the molecule is COCCNC(=O)CS(=O)(=O)CC(=O)Nc1ccccc1. The van der Waals surface area contributed by atoms with E-state index in [2.05, 4.69) is 10.6 Å². The molecule has 0 bridgehead atoms. The Morgan fingerprint density at radius 3 is 2.33 bits per heavy atom. The van der Waals surface area contributed by atoms with Gasteiger partial charge in [0.15, 0.2) is 9.84 Å². The van der Waals surface area contributed by atoms with E-state index < -0.39 is 33.2 Å². The highest BCUT2D eigenvalue weighted by molar-refractivity contribution is 7.92. The molecule has 0 heterocycles. The summed E-state index contributed by atoms with van der Waals surface area (Å²) in [7, 11) is -2.33. The number of hydrogen-bond acceptors (Lipinski definition) is 5. The van der Waals surface area contributed by atoms with E-state index in [1.54, 1.807) is 30.3 Å². The number of sulfone groups is 1. The van der Waals surface area contributed by atoms with Crippen LogP contribution in [0, 0.1) is 0 Å². The van der Waals surface area contributed by atoms with Gasteiger partial charge in [0.05, 0.1) is 6.61 Å². The minimum Gasteiger partial charge on any atom is -0.383 e. The van der Waals surface area contributed by atoms with Gasteiger partial charge in [-0.2, -0.15) is 0 Å². The number of methoxy groups -OCH3 is 1. The number of anilines is 1. The fraction of sp³-hybridized carbons (Fsp3) is 0.385. The lowest BCUT2D eigenvalue weighted by molar-refractivity contribution is -0.118. The number of amides is 2. The molecule has 0 radical (unpaired) electrons. The quantitative estimate of drug-likeness (QED) is 0.647. The molecule has 0 saturated heterocycles. The van der Waals surface area contributed by atoms with Crippen LogP contribution in [0.1, 0.15) is 0 Å². The Kier molecular flexibility index (Phi) is 6.83. The first-order valence-electron chi connectivity index (χ1n) is 6.24. The highest BCUT2D eigenvalue weighted by Gasteiger charge is 2.20. The summed E-state index contributed by atoms with van der Waals surface area (Å²) in [6.07, 6.45) is 0. The second kappa shape index (κ2) is 8.38. The molecule has 2 amide bonds. The summed E-state index contributed by atoms with van der Waals surface area (Å²) in [5.41, 5.74) is 0.502. The molecule has 21 heavy (non-hydrogen) atoms. The summed E-state index contributed by atoms with van der Waals surface area (Å²) >= 11 is 0. The van der Waals surface area contributed by atoms with Gasteiger partial charge in [0, 0.05) is 19.3 Å². The number of carbonyl (C=O) groups is 2. The first kappa shape index (κ1) is 17.1. The van der Waals surface area contributed by atoms with Crippen LogP contribution in [0.4, 0.5) is 5.69 Å². The Hall–Kier alpha value is -1.93. The molecule has 0 aliphatic heterocycles. The Balaban J connectivity index is 2.44. The summed E-state index contributed by atoms with van der Waals surface area (Å²) in [5, 5.41) is 4.84. The predicted molar refractivity (Wildman–Crippen MR) is 78.6 cm³/mol. The topological polar surface area (TPSA) is 102 Å². The molecule has 0 aliphatic carbocycles. The third-order valence-electron chi connectivity index (χ3n) is 2.39. The highest BCUT2D eigenvalue weighted by atomic mass is 32.2. The van der Waals surface area contributed by atoms with Crippen molar-refractivity contribution in [3.8, 4) is 0 Å². The van der Waals surface area contributed by atoms with E-state index in [9.17, 15) is 18.0 Å². The van der Waals surface area contributed by atoms with E-state index in [0.717, 1.165) is 0 Å². The molecular formula is C13H18N2O5S. The van der Waals surface area contributed by atoms with E-state index in [1.165, 1.54) is 7.11 Å². The summed E-state index contributed by atoms with van der Waals surface area (Å²) in [6.45, 7) is 0.515. The summed E-state index contributed by atoms with van der Waals surface area (Å²) in [4.78, 5) is 23.0. The van der Waals surface area contributed by atoms with Crippen molar-refractivity contribution in [3.63, 3.8) is 0 Å². The zero-order valence-electron chi connectivity index (χ0n) is 11.7. The minimum atomic E-state index is -3.80. The zero-order valence-corrected chi connectivity index (χ0v) is 12.5. The monoisotopic (exact) mass is 314 g/mol. The Labute approximate surface area is 123 Å². The lowest BCUT2D eigenvalue weighted by Crippen LogP contribution is -2.35. The average molecular weight is 314 g/mol. The zero-order chi connectivity index (χ0) is 15.7. The van der Waals surface area contributed by atoms with Crippen LogP contribution in [0.25, 0.3) is 0 Å². The molecule has 0 fully saturated rings. The molecule has 2 N–H and O–H groups in total. The Morgan fingerprint density at radius 1 is 1.10 bits per heavy atom. The van der Waals surface area contributed by atoms with E-state index in [1.807, 2.05) is 0 Å². The van der Waals surface area contributed by atoms with E-state index in [0.29, 0.717) is 12.3 Å². The van der Waals surface area contributed by atoms with Crippen LogP contribution >= 0.6 is 0 Å². The second-order valence-corrected chi connectivity index (χ2v) is 6.35. The van der Waals surface area contributed by atoms with E-state index >= 15 is 0 Å². The first-order chi connectivity index (χ1) is 9.93. The molecule has 0 saturated carbocycles. The number of carbonyl (C=O) groups excluding carboxylic acids is 2. The average Bonchev–Trinajstić information content (AvgIpc) is 2.38. The highest BCUT2D eigenvalue weighted by Crippen LogP contribution is 2.05. The standard InChI is InChI=1S/C13H18N2O5S/c1-20-8-7-14-12(16)9-21(18,19)10-13(17)15-11-5-3-2-4-6-11/h2-6H,7-10H2,1H3,(H,14,16)(H,15,17). The molecule has 1 aromatic rings. The molecule has 7 nitrogen and oxygen atoms in total. The number of para-hydroxylation sites is 1. The molecule has 116 valence electrons. The number of nitrogens with one attached hydrogen (secondary N) is 2. The maximum atomic E-state index is 11.7. The van der Waals surface area contributed by atoms with Crippen molar-refractivity contribution in [1.29, 1.82) is 0 Å². The van der Waals surface area contributed by atoms with Gasteiger partial charge in [-0.25, -0.2) is 8.42 Å². The predicted octanol–water partition coefficient (Wildman–Crippen LogP) is -0.197. The van der Waals surface area contributed by atoms with Gasteiger partial charge >= 0.3 is 0 Å². The molecular weight excluding hydrogens is 296 g/mol. The van der Waals surface area contributed by atoms with Gasteiger partial charge < -0.3 is 15.4 Å². The largest absolute Gasteiger partial charge is 0.383 e. The summed E-state index contributed by atoms with van der Waals surface area (Å²) in [6, 6.07) is 8.49. The third kappa shape index (κ3) is 7.42. The van der Waals surface area contributed by atoms with Gasteiger partial charge in [-0.05, 0) is 12.1 Å². The minimum absolute atomic E-state index is 0.223. The van der Waals surface area contributed by atoms with Crippen LogP contribution in [0.15, 0.2) is 30.3 Å². The fourth-order valence-corrected chi connectivity index (χ4v) is 2.59. The van der Waals surface area contributed by atoms with Gasteiger partial charge in [-0.15, -0.1) is 0 Å². The normalized spacial score (nSPS) is 10.9. The Morgan fingerprint density at radius 2 is 1.71 bits per heavy atom. The van der Waals surface area contributed by atoms with Gasteiger partial charge in [0.2, 0.25) is 11.8 Å². The summed E-state index contributed by atoms with van der Waals surface area (Å²) < 4.78 is 28.2. The van der Waals surface area contributed by atoms with Crippen molar-refractivity contribution < 1.29 is 22.7 Å². The number of rotatable bonds is 8. The van der Waals surface area contributed by atoms with Crippen LogP contribution in [-0.2, 0) is 24.2 Å². The second-order valence-electron chi connectivity index (χ2n) is 4.29. The number of ether oxygens (including phenoxy) is 1. The molecule has 0 aromatic heterocycles. The van der Waals surface area contributed by atoms with Crippen molar-refractivity contribution in [2.75, 3.05) is 37.1 Å². The van der Waals surface area contributed by atoms with Crippen LogP contribution in [0.2, 0.25) is 0 Å². The lowest BCUT2D eigenvalue weighted by Gasteiger charge is -2.07. The molecule has 1 rings (SSSR count). The van der Waals surface area contributed by atoms with Gasteiger partial charge in [-0.3, -0.25) is 9.59 Å². The van der Waals surface area contributed by atoms with E-state index in [4.69, 9.17) is 4.74 Å². The van der Waals surface area contributed by atoms with Crippen LogP contribution in [0.3, 0.4) is 0 Å². The van der Waals surface area contributed by atoms with Crippen molar-refractivity contribution in [1.82, 2.24) is 5.32 Å². The van der Waals surface area contributed by atoms with Crippen LogP contribution < -0.4 is 10.6 Å². The van der Waals surface area contributed by atoms with Crippen molar-refractivity contribution in [2.24, 2.45) is 0 Å². The molecule has 0 aliphatic rings. The first-order valence-corrected chi connectivity index (χ1v) is 8.06. The van der Waals surface area contributed by atoms with Gasteiger partial charge in [0.1, 0.15) is 11.5 Å². The molecule has 0 unspecified atom stereocenters. The maximum absolute atomic E-state index is 11.7. The summed E-state index contributed by atoms with van der Waals surface area (Å²) in [5.74, 6) is -2.79. The fourth-order valence-electron chi connectivity index (χ4n) is 1.51. The molecule has 1 aromatic carbocycles. The van der Waals surface area contributed by atoms with Crippen LogP contribution in [0.5, 0.6) is 0 Å². The third-order valence-corrected chi connectivity index (χ3v) is 3.79. The molecule has 0 spiro atoms. The Bertz CT molecular complexity index is 571. The van der Waals surface area contributed by atoms with Crippen molar-refractivity contribution >= 4 is 27.3 Å².